The van der Waals surface area contributed by atoms with Crippen LogP contribution in [0.5, 0.6) is 0 Å². The van der Waals surface area contributed by atoms with E-state index >= 15 is 0 Å². The lowest BCUT2D eigenvalue weighted by molar-refractivity contribution is 0.0537. The molecule has 0 aliphatic rings. The SMILES string of the molecule is COCc1cccc(C(=O)NOC)c1. The van der Waals surface area contributed by atoms with Crippen LogP contribution < -0.4 is 5.48 Å². The zero-order valence-electron chi connectivity index (χ0n) is 8.24. The average Bonchev–Trinajstić information content (AvgIpc) is 2.19. The summed E-state index contributed by atoms with van der Waals surface area (Å²) in [5, 5.41) is 0. The van der Waals surface area contributed by atoms with Crippen LogP contribution in [0.1, 0.15) is 15.9 Å². The first-order valence-electron chi connectivity index (χ1n) is 4.19. The Kier molecular flexibility index (Phi) is 4.10. The number of benzene rings is 1. The van der Waals surface area contributed by atoms with Crippen LogP contribution in [0.3, 0.4) is 0 Å². The minimum atomic E-state index is -0.259. The summed E-state index contributed by atoms with van der Waals surface area (Å²) in [7, 11) is 3.01. The van der Waals surface area contributed by atoms with Gasteiger partial charge in [-0.2, -0.15) is 0 Å². The van der Waals surface area contributed by atoms with E-state index in [1.54, 1.807) is 25.3 Å². The predicted molar refractivity (Wildman–Crippen MR) is 51.6 cm³/mol. The van der Waals surface area contributed by atoms with Crippen molar-refractivity contribution in [3.63, 3.8) is 0 Å². The van der Waals surface area contributed by atoms with Crippen LogP contribution in [0, 0.1) is 0 Å². The molecule has 1 N–H and O–H groups in total. The molecule has 0 atom stereocenters. The van der Waals surface area contributed by atoms with E-state index in [-0.39, 0.29) is 5.91 Å². The molecular weight excluding hydrogens is 182 g/mol. The molecule has 0 aromatic heterocycles. The van der Waals surface area contributed by atoms with E-state index in [0.29, 0.717) is 12.2 Å². The summed E-state index contributed by atoms with van der Waals surface area (Å²) < 4.78 is 4.96. The summed E-state index contributed by atoms with van der Waals surface area (Å²) >= 11 is 0. The van der Waals surface area contributed by atoms with Crippen molar-refractivity contribution in [3.8, 4) is 0 Å². The lowest BCUT2D eigenvalue weighted by Crippen LogP contribution is -2.21. The van der Waals surface area contributed by atoms with Gasteiger partial charge < -0.3 is 4.74 Å². The van der Waals surface area contributed by atoms with Crippen LogP contribution in [0.2, 0.25) is 0 Å². The Morgan fingerprint density at radius 2 is 2.21 bits per heavy atom. The molecular formula is C10H13NO3. The molecule has 1 aromatic rings. The smallest absolute Gasteiger partial charge is 0.274 e. The Labute approximate surface area is 82.8 Å². The van der Waals surface area contributed by atoms with E-state index < -0.39 is 0 Å². The number of carbonyl (C=O) groups is 1. The Morgan fingerprint density at radius 1 is 1.43 bits per heavy atom. The van der Waals surface area contributed by atoms with Gasteiger partial charge in [-0.25, -0.2) is 5.48 Å². The van der Waals surface area contributed by atoms with Crippen LogP contribution in [-0.2, 0) is 16.2 Å². The highest BCUT2D eigenvalue weighted by molar-refractivity contribution is 5.93. The lowest BCUT2D eigenvalue weighted by atomic mass is 10.1. The number of amides is 1. The molecule has 0 spiro atoms. The van der Waals surface area contributed by atoms with Gasteiger partial charge in [-0.15, -0.1) is 0 Å². The molecule has 0 aliphatic heterocycles. The molecule has 4 nitrogen and oxygen atoms in total. The first kappa shape index (κ1) is 10.7. The maximum atomic E-state index is 11.3. The Bertz CT molecular complexity index is 312. The van der Waals surface area contributed by atoms with Crippen molar-refractivity contribution in [2.75, 3.05) is 14.2 Å². The summed E-state index contributed by atoms with van der Waals surface area (Å²) in [6.45, 7) is 0.494. The summed E-state index contributed by atoms with van der Waals surface area (Å²) in [4.78, 5) is 15.9. The Balaban J connectivity index is 2.77. The quantitative estimate of drug-likeness (QED) is 0.732. The molecule has 0 saturated carbocycles. The fraction of sp³-hybridized carbons (Fsp3) is 0.300. The third-order valence-electron chi connectivity index (χ3n) is 1.69. The van der Waals surface area contributed by atoms with Crippen molar-refractivity contribution >= 4 is 5.91 Å². The number of methoxy groups -OCH3 is 1. The molecule has 0 bridgehead atoms. The van der Waals surface area contributed by atoms with E-state index in [1.165, 1.54) is 7.11 Å². The zero-order valence-corrected chi connectivity index (χ0v) is 8.24. The fourth-order valence-corrected chi connectivity index (χ4v) is 1.12. The molecule has 4 heteroatoms. The van der Waals surface area contributed by atoms with Gasteiger partial charge in [0.15, 0.2) is 0 Å². The van der Waals surface area contributed by atoms with E-state index in [4.69, 9.17) is 4.74 Å². The van der Waals surface area contributed by atoms with Crippen molar-refractivity contribution < 1.29 is 14.4 Å². The third-order valence-corrected chi connectivity index (χ3v) is 1.69. The Hall–Kier alpha value is -1.39. The first-order valence-corrected chi connectivity index (χ1v) is 4.19. The summed E-state index contributed by atoms with van der Waals surface area (Å²) in [6, 6.07) is 7.18. The van der Waals surface area contributed by atoms with Gasteiger partial charge in [-0.3, -0.25) is 9.63 Å². The van der Waals surface area contributed by atoms with Gasteiger partial charge in [-0.05, 0) is 17.7 Å². The van der Waals surface area contributed by atoms with Gasteiger partial charge in [0.05, 0.1) is 13.7 Å². The molecule has 0 aliphatic carbocycles. The summed E-state index contributed by atoms with van der Waals surface area (Å²) in [5.41, 5.74) is 3.76. The normalized spacial score (nSPS) is 9.86. The van der Waals surface area contributed by atoms with Gasteiger partial charge in [0, 0.05) is 12.7 Å². The monoisotopic (exact) mass is 195 g/mol. The number of ether oxygens (including phenoxy) is 1. The van der Waals surface area contributed by atoms with E-state index in [9.17, 15) is 4.79 Å². The van der Waals surface area contributed by atoms with E-state index in [1.807, 2.05) is 6.07 Å². The van der Waals surface area contributed by atoms with E-state index in [2.05, 4.69) is 10.3 Å². The predicted octanol–water partition coefficient (Wildman–Crippen LogP) is 1.12. The van der Waals surface area contributed by atoms with Gasteiger partial charge in [0.25, 0.3) is 5.91 Å². The standard InChI is InChI=1S/C10H13NO3/c1-13-7-8-4-3-5-9(6-8)10(12)11-14-2/h3-6H,7H2,1-2H3,(H,11,12). The molecule has 76 valence electrons. The van der Waals surface area contributed by atoms with Crippen LogP contribution in [0.15, 0.2) is 24.3 Å². The van der Waals surface area contributed by atoms with Crippen molar-refractivity contribution in [1.82, 2.24) is 5.48 Å². The maximum Gasteiger partial charge on any atom is 0.274 e. The molecule has 1 amide bonds. The molecule has 0 heterocycles. The molecule has 1 aromatic carbocycles. The van der Waals surface area contributed by atoms with Crippen molar-refractivity contribution in [1.29, 1.82) is 0 Å². The molecule has 1 rings (SSSR count). The number of nitrogens with one attached hydrogen (secondary N) is 1. The third kappa shape index (κ3) is 2.83. The largest absolute Gasteiger partial charge is 0.380 e. The molecule has 0 unspecified atom stereocenters. The van der Waals surface area contributed by atoms with Crippen LogP contribution >= 0.6 is 0 Å². The van der Waals surface area contributed by atoms with Gasteiger partial charge in [0.1, 0.15) is 0 Å². The molecule has 0 fully saturated rings. The highest BCUT2D eigenvalue weighted by Crippen LogP contribution is 2.06. The van der Waals surface area contributed by atoms with Crippen LogP contribution in [-0.4, -0.2) is 20.1 Å². The minimum absolute atomic E-state index is 0.259. The second-order valence-electron chi connectivity index (χ2n) is 2.77. The lowest BCUT2D eigenvalue weighted by Gasteiger charge is -2.04. The topological polar surface area (TPSA) is 47.6 Å². The number of rotatable bonds is 4. The van der Waals surface area contributed by atoms with Crippen LogP contribution in [0.25, 0.3) is 0 Å². The first-order chi connectivity index (χ1) is 6.77. The zero-order chi connectivity index (χ0) is 10.4. The second kappa shape index (κ2) is 5.36. The average molecular weight is 195 g/mol. The Morgan fingerprint density at radius 3 is 2.86 bits per heavy atom. The number of carbonyl (C=O) groups excluding carboxylic acids is 1. The van der Waals surface area contributed by atoms with Crippen LogP contribution in [0.4, 0.5) is 0 Å². The fourth-order valence-electron chi connectivity index (χ4n) is 1.12. The van der Waals surface area contributed by atoms with E-state index in [0.717, 1.165) is 5.56 Å². The molecule has 0 radical (unpaired) electrons. The van der Waals surface area contributed by atoms with Crippen molar-refractivity contribution in [2.24, 2.45) is 0 Å². The number of hydrogen-bond donors (Lipinski definition) is 1. The van der Waals surface area contributed by atoms with Crippen molar-refractivity contribution in [2.45, 2.75) is 6.61 Å². The number of hydrogen-bond acceptors (Lipinski definition) is 3. The molecule has 0 saturated heterocycles. The van der Waals surface area contributed by atoms with Gasteiger partial charge >= 0.3 is 0 Å². The maximum absolute atomic E-state index is 11.3. The minimum Gasteiger partial charge on any atom is -0.380 e. The second-order valence-corrected chi connectivity index (χ2v) is 2.77. The van der Waals surface area contributed by atoms with Gasteiger partial charge in [0.2, 0.25) is 0 Å². The highest BCUT2D eigenvalue weighted by atomic mass is 16.6. The number of hydroxylamine groups is 1. The molecule has 14 heavy (non-hydrogen) atoms. The van der Waals surface area contributed by atoms with Gasteiger partial charge in [-0.1, -0.05) is 12.1 Å². The van der Waals surface area contributed by atoms with Crippen molar-refractivity contribution in [3.05, 3.63) is 35.4 Å². The summed E-state index contributed by atoms with van der Waals surface area (Å²) in [6.07, 6.45) is 0. The summed E-state index contributed by atoms with van der Waals surface area (Å²) in [5.74, 6) is -0.259. The highest BCUT2D eigenvalue weighted by Gasteiger charge is 2.04.